The van der Waals surface area contributed by atoms with E-state index >= 15 is 0 Å². The molecule has 2 heterocycles. The molecule has 14 nitrogen and oxygen atoms in total. The molecule has 0 bridgehead atoms. The van der Waals surface area contributed by atoms with Crippen LogP contribution >= 0.6 is 0 Å². The number of ether oxygens (including phenoxy) is 10. The molecule has 0 amide bonds. The van der Waals surface area contributed by atoms with Gasteiger partial charge in [0.05, 0.1) is 0 Å². The van der Waals surface area contributed by atoms with E-state index in [1.54, 1.807) is 36.4 Å². The fourth-order valence-corrected chi connectivity index (χ4v) is 15.1. The normalized spacial score (nSPS) is 17.5. The van der Waals surface area contributed by atoms with Crippen LogP contribution in [-0.2, 0) is 34.6 Å². The van der Waals surface area contributed by atoms with Gasteiger partial charge in [-0.1, -0.05) is 0 Å². The van der Waals surface area contributed by atoms with E-state index in [2.05, 4.69) is 13.8 Å². The number of hydrogen-bond donors (Lipinski definition) is 0. The van der Waals surface area contributed by atoms with Gasteiger partial charge in [0.2, 0.25) is 0 Å². The van der Waals surface area contributed by atoms with Gasteiger partial charge in [0.25, 0.3) is 0 Å². The van der Waals surface area contributed by atoms with Gasteiger partial charge in [0, 0.05) is 0 Å². The summed E-state index contributed by atoms with van der Waals surface area (Å²) in [6.07, 6.45) is 3.21. The van der Waals surface area contributed by atoms with Crippen LogP contribution in [-0.4, -0.2) is 137 Å². The van der Waals surface area contributed by atoms with Crippen molar-refractivity contribution in [3.8, 4) is 23.0 Å². The predicted octanol–water partition coefficient (Wildman–Crippen LogP) is 5.38. The van der Waals surface area contributed by atoms with Crippen molar-refractivity contribution in [3.63, 3.8) is 0 Å². The molecule has 0 N–H and O–H groups in total. The van der Waals surface area contributed by atoms with Crippen LogP contribution in [0.2, 0.25) is 8.87 Å². The first-order valence-corrected chi connectivity index (χ1v) is 25.1. The summed E-state index contributed by atoms with van der Waals surface area (Å²) in [7, 11) is 0. The molecule has 0 fully saturated rings. The fourth-order valence-electron chi connectivity index (χ4n) is 5.36. The standard InChI is InChI=1S/2C15H20O7.2C4H9.Sn/c2*16-15(17)12-1-2-13-14(11-12)22-10-8-20-6-4-18-3-5-19-7-9-21-13;2*1-3-4-2;/h2*1-2,11H,3-10H2,(H,16,17);2*1,3-4H2,2H3;/q;;;;+2/p-2. The average Bonchev–Trinajstić information content (AvgIpc) is 3.18. The van der Waals surface area contributed by atoms with Gasteiger partial charge in [-0.2, -0.15) is 0 Å². The number of benzene rings is 2. The molecule has 0 saturated heterocycles. The monoisotopic (exact) mass is 856 g/mol. The summed E-state index contributed by atoms with van der Waals surface area (Å²) in [5, 5.41) is 0. The molecule has 296 valence electrons. The van der Waals surface area contributed by atoms with E-state index < -0.39 is 31.1 Å². The Morgan fingerprint density at radius 1 is 0.472 bits per heavy atom. The summed E-state index contributed by atoms with van der Waals surface area (Å²) in [4.78, 5) is 27.9. The van der Waals surface area contributed by atoms with Crippen LogP contribution in [0.3, 0.4) is 0 Å². The maximum absolute atomic E-state index is 13.9. The fraction of sp³-hybridized carbons (Fsp3) is 0.632. The van der Waals surface area contributed by atoms with Gasteiger partial charge in [-0.3, -0.25) is 0 Å². The molecule has 2 aromatic rings. The summed E-state index contributed by atoms with van der Waals surface area (Å²) >= 11 is -4.45. The molecular weight excluding hydrogens is 799 g/mol. The van der Waals surface area contributed by atoms with Crippen molar-refractivity contribution < 1.29 is 63.1 Å². The van der Waals surface area contributed by atoms with Crippen LogP contribution in [0.15, 0.2) is 36.4 Å². The molecule has 2 aromatic carbocycles. The summed E-state index contributed by atoms with van der Waals surface area (Å²) < 4.78 is 71.0. The zero-order chi connectivity index (χ0) is 37.4. The van der Waals surface area contributed by atoms with Crippen LogP contribution in [0.5, 0.6) is 23.0 Å². The van der Waals surface area contributed by atoms with Gasteiger partial charge in [-0.15, -0.1) is 0 Å². The number of rotatable bonds is 10. The van der Waals surface area contributed by atoms with Crippen LogP contribution in [0.25, 0.3) is 0 Å². The molecular formula is C38H56O14Sn. The Labute approximate surface area is 317 Å². The van der Waals surface area contributed by atoms with Crippen molar-refractivity contribution in [1.29, 1.82) is 0 Å². The number of carbonyl (C=O) groups is 2. The Morgan fingerprint density at radius 2 is 0.774 bits per heavy atom. The average molecular weight is 856 g/mol. The summed E-state index contributed by atoms with van der Waals surface area (Å²) in [6.45, 7) is 10.2. The van der Waals surface area contributed by atoms with Gasteiger partial charge in [-0.25, -0.2) is 0 Å². The minimum atomic E-state index is -4.45. The molecule has 0 atom stereocenters. The third-order valence-electron chi connectivity index (χ3n) is 8.17. The molecule has 0 radical (unpaired) electrons. The Balaban J connectivity index is 1.53. The van der Waals surface area contributed by atoms with Crippen molar-refractivity contribution in [3.05, 3.63) is 47.5 Å². The predicted molar refractivity (Wildman–Crippen MR) is 196 cm³/mol. The number of hydrogen-bond acceptors (Lipinski definition) is 14. The van der Waals surface area contributed by atoms with Gasteiger partial charge in [0.15, 0.2) is 0 Å². The van der Waals surface area contributed by atoms with Gasteiger partial charge in [-0.05, 0) is 0 Å². The molecule has 2 aliphatic rings. The Bertz CT molecular complexity index is 1260. The topological polar surface area (TPSA) is 145 Å². The number of carbonyl (C=O) groups excluding carboxylic acids is 2. The van der Waals surface area contributed by atoms with Crippen LogP contribution in [0, 0.1) is 0 Å². The third-order valence-corrected chi connectivity index (χ3v) is 17.7. The number of unbranched alkanes of at least 4 members (excludes halogenated alkanes) is 2. The Kier molecular flexibility index (Phi) is 20.4. The van der Waals surface area contributed by atoms with E-state index in [0.717, 1.165) is 25.7 Å². The van der Waals surface area contributed by atoms with E-state index in [0.29, 0.717) is 111 Å². The molecule has 4 rings (SSSR count). The molecule has 53 heavy (non-hydrogen) atoms. The van der Waals surface area contributed by atoms with Crippen LogP contribution < -0.4 is 18.9 Å². The van der Waals surface area contributed by atoms with E-state index in [1.165, 1.54) is 0 Å². The van der Waals surface area contributed by atoms with Crippen molar-refractivity contribution in [1.82, 2.24) is 0 Å². The minimum absolute atomic E-state index is 0.241. The molecule has 0 aliphatic carbocycles. The Hall–Kier alpha value is -2.86. The quantitative estimate of drug-likeness (QED) is 0.282. The molecule has 15 heteroatoms. The molecule has 0 saturated carbocycles. The van der Waals surface area contributed by atoms with Crippen LogP contribution in [0.1, 0.15) is 60.2 Å². The van der Waals surface area contributed by atoms with E-state index in [1.807, 2.05) is 0 Å². The molecule has 0 unspecified atom stereocenters. The van der Waals surface area contributed by atoms with Crippen LogP contribution in [0.4, 0.5) is 0 Å². The zero-order valence-corrected chi connectivity index (χ0v) is 34.1. The molecule has 0 spiro atoms. The second-order valence-electron chi connectivity index (χ2n) is 12.3. The summed E-state index contributed by atoms with van der Waals surface area (Å²) in [5.41, 5.74) is 0.539. The number of fused-ring (bicyclic) bond motifs is 2. The van der Waals surface area contributed by atoms with Crippen molar-refractivity contribution >= 4 is 31.1 Å². The second kappa shape index (κ2) is 25.3. The molecule has 2 aliphatic heterocycles. The zero-order valence-electron chi connectivity index (χ0n) is 31.2. The van der Waals surface area contributed by atoms with E-state index in [9.17, 15) is 9.59 Å². The van der Waals surface area contributed by atoms with Crippen molar-refractivity contribution in [2.45, 2.75) is 48.4 Å². The third kappa shape index (κ3) is 15.8. The summed E-state index contributed by atoms with van der Waals surface area (Å²) in [6, 6.07) is 9.84. The maximum atomic E-state index is 13.9. The van der Waals surface area contributed by atoms with Crippen molar-refractivity contribution in [2.24, 2.45) is 0 Å². The first-order chi connectivity index (χ1) is 26.0. The first kappa shape index (κ1) is 42.9. The second-order valence-corrected chi connectivity index (χ2v) is 21.5. The SMILES string of the molecule is CCC[CH2][Sn]([CH2]CCC)([O]C(=O)c1ccc2c(c1)OCCOCCOCCOCCO2)[O]C(=O)c1ccc2c(c1)OCCOCCOCCOCCO2. The van der Waals surface area contributed by atoms with E-state index in [-0.39, 0.29) is 37.6 Å². The van der Waals surface area contributed by atoms with E-state index in [4.69, 9.17) is 53.5 Å². The molecule has 0 aromatic heterocycles. The van der Waals surface area contributed by atoms with Gasteiger partial charge >= 0.3 is 319 Å². The summed E-state index contributed by atoms with van der Waals surface area (Å²) in [5.74, 6) is 0.552. The first-order valence-electron chi connectivity index (χ1n) is 18.8. The van der Waals surface area contributed by atoms with Crippen molar-refractivity contribution in [2.75, 3.05) is 106 Å². The van der Waals surface area contributed by atoms with Gasteiger partial charge in [0.1, 0.15) is 0 Å². The Morgan fingerprint density at radius 3 is 1.09 bits per heavy atom. The van der Waals surface area contributed by atoms with Gasteiger partial charge < -0.3 is 0 Å².